The predicted molar refractivity (Wildman–Crippen MR) is 109 cm³/mol. The molecular weight excluding hydrogens is 338 g/mol. The number of aryl methyl sites for hydroxylation is 1. The van der Waals surface area contributed by atoms with Crippen molar-refractivity contribution >= 4 is 5.65 Å². The summed E-state index contributed by atoms with van der Waals surface area (Å²) in [5.74, 6) is 1.51. The monoisotopic (exact) mass is 367 g/mol. The highest BCUT2D eigenvalue weighted by Crippen LogP contribution is 2.25. The van der Waals surface area contributed by atoms with Gasteiger partial charge < -0.3 is 4.90 Å². The van der Waals surface area contributed by atoms with Crippen molar-refractivity contribution in [3.05, 3.63) is 52.1 Å². The summed E-state index contributed by atoms with van der Waals surface area (Å²) in [6.45, 7) is 7.63. The molecule has 3 aromatic rings. The Bertz CT molecular complexity index is 961. The molecule has 0 aliphatic rings. The zero-order valence-electron chi connectivity index (χ0n) is 16.9. The summed E-state index contributed by atoms with van der Waals surface area (Å²) >= 11 is 0. The molecule has 0 atom stereocenters. The van der Waals surface area contributed by atoms with Crippen LogP contribution in [0, 0.1) is 0 Å². The Balaban J connectivity index is 1.92. The lowest BCUT2D eigenvalue weighted by atomic mass is 9.87. The van der Waals surface area contributed by atoms with Gasteiger partial charge in [0.25, 0.3) is 5.56 Å². The molecular formula is C21H29N5O. The number of aromatic nitrogens is 4. The highest BCUT2D eigenvalue weighted by Gasteiger charge is 2.15. The van der Waals surface area contributed by atoms with Crippen molar-refractivity contribution in [3.8, 4) is 11.4 Å². The summed E-state index contributed by atoms with van der Waals surface area (Å²) in [7, 11) is 4.15. The summed E-state index contributed by atoms with van der Waals surface area (Å²) in [5, 5.41) is 2.81. The van der Waals surface area contributed by atoms with Crippen molar-refractivity contribution in [2.75, 3.05) is 20.6 Å². The van der Waals surface area contributed by atoms with Gasteiger partial charge >= 0.3 is 0 Å². The third kappa shape index (κ3) is 4.63. The van der Waals surface area contributed by atoms with E-state index in [9.17, 15) is 4.79 Å². The molecule has 0 aliphatic heterocycles. The van der Waals surface area contributed by atoms with Gasteiger partial charge in [0.1, 0.15) is 5.82 Å². The van der Waals surface area contributed by atoms with Crippen LogP contribution in [0.15, 0.2) is 35.1 Å². The fourth-order valence-corrected chi connectivity index (χ4v) is 3.09. The standard InChI is InChI=1S/C21H29N5O/c1-21(2,3)16-11-9-15(10-12-16)20-22-17(8-6-7-13-25(4)5)26-18(23-20)14-19(27)24-26/h9-12,14H,6-8,13H2,1-5H3,(H,24,27). The first-order valence-corrected chi connectivity index (χ1v) is 9.48. The number of aromatic amines is 1. The summed E-state index contributed by atoms with van der Waals surface area (Å²) in [4.78, 5) is 23.3. The predicted octanol–water partition coefficient (Wildman–Crippen LogP) is 3.27. The van der Waals surface area contributed by atoms with Gasteiger partial charge in [0.2, 0.25) is 0 Å². The maximum Gasteiger partial charge on any atom is 0.266 e. The Morgan fingerprint density at radius 2 is 1.78 bits per heavy atom. The number of hydrogen-bond donors (Lipinski definition) is 1. The minimum atomic E-state index is -0.154. The first-order valence-electron chi connectivity index (χ1n) is 9.48. The molecule has 1 aromatic carbocycles. The van der Waals surface area contributed by atoms with E-state index >= 15 is 0 Å². The van der Waals surface area contributed by atoms with Gasteiger partial charge in [-0.05, 0) is 44.5 Å². The van der Waals surface area contributed by atoms with Crippen LogP contribution in [0.1, 0.15) is 45.0 Å². The Labute approximate surface area is 160 Å². The van der Waals surface area contributed by atoms with E-state index in [4.69, 9.17) is 4.98 Å². The lowest BCUT2D eigenvalue weighted by molar-refractivity contribution is 0.393. The molecule has 0 unspecified atom stereocenters. The second-order valence-corrected chi connectivity index (χ2v) is 8.37. The zero-order valence-corrected chi connectivity index (χ0v) is 16.9. The number of rotatable bonds is 6. The van der Waals surface area contributed by atoms with Gasteiger partial charge in [-0.15, -0.1) is 0 Å². The fraction of sp³-hybridized carbons (Fsp3) is 0.476. The first kappa shape index (κ1) is 19.3. The zero-order chi connectivity index (χ0) is 19.6. The van der Waals surface area contributed by atoms with E-state index in [0.29, 0.717) is 11.5 Å². The largest absolute Gasteiger partial charge is 0.309 e. The molecule has 0 saturated carbocycles. The van der Waals surface area contributed by atoms with Gasteiger partial charge in [-0.1, -0.05) is 45.0 Å². The molecule has 0 saturated heterocycles. The van der Waals surface area contributed by atoms with Crippen molar-refractivity contribution in [2.45, 2.75) is 45.4 Å². The quantitative estimate of drug-likeness (QED) is 0.679. The van der Waals surface area contributed by atoms with E-state index < -0.39 is 0 Å². The van der Waals surface area contributed by atoms with Crippen LogP contribution in [-0.2, 0) is 11.8 Å². The normalized spacial score (nSPS) is 12.2. The Morgan fingerprint density at radius 1 is 1.07 bits per heavy atom. The van der Waals surface area contributed by atoms with Crippen molar-refractivity contribution in [1.82, 2.24) is 24.5 Å². The Hall–Kier alpha value is -2.47. The van der Waals surface area contributed by atoms with Crippen molar-refractivity contribution < 1.29 is 0 Å². The van der Waals surface area contributed by atoms with Crippen molar-refractivity contribution in [2.24, 2.45) is 0 Å². The van der Waals surface area contributed by atoms with Crippen molar-refractivity contribution in [1.29, 1.82) is 0 Å². The lowest BCUT2D eigenvalue weighted by Gasteiger charge is -2.19. The Kier molecular flexibility index (Phi) is 5.46. The van der Waals surface area contributed by atoms with Crippen LogP contribution in [0.4, 0.5) is 0 Å². The summed E-state index contributed by atoms with van der Waals surface area (Å²) in [5.41, 5.74) is 2.81. The van der Waals surface area contributed by atoms with Crippen LogP contribution in [0.2, 0.25) is 0 Å². The molecule has 0 spiro atoms. The number of hydrogen-bond acceptors (Lipinski definition) is 4. The summed E-state index contributed by atoms with van der Waals surface area (Å²) in [6, 6.07) is 9.91. The van der Waals surface area contributed by atoms with Gasteiger partial charge in [-0.3, -0.25) is 9.89 Å². The molecule has 0 radical (unpaired) electrons. The average molecular weight is 367 g/mol. The Morgan fingerprint density at radius 3 is 2.41 bits per heavy atom. The average Bonchev–Trinajstić information content (AvgIpc) is 2.98. The van der Waals surface area contributed by atoms with E-state index in [2.05, 4.69) is 74.1 Å². The maximum atomic E-state index is 11.8. The van der Waals surface area contributed by atoms with Gasteiger partial charge in [-0.25, -0.2) is 14.5 Å². The number of nitrogens with zero attached hydrogens (tertiary/aromatic N) is 4. The first-order chi connectivity index (χ1) is 12.7. The summed E-state index contributed by atoms with van der Waals surface area (Å²) < 4.78 is 1.71. The van der Waals surface area contributed by atoms with Gasteiger partial charge in [0.15, 0.2) is 11.5 Å². The smallest absolute Gasteiger partial charge is 0.266 e. The third-order valence-electron chi connectivity index (χ3n) is 4.69. The second kappa shape index (κ2) is 7.64. The van der Waals surface area contributed by atoms with E-state index in [1.54, 1.807) is 4.52 Å². The van der Waals surface area contributed by atoms with E-state index in [1.165, 1.54) is 11.6 Å². The molecule has 2 aromatic heterocycles. The van der Waals surface area contributed by atoms with Crippen LogP contribution in [-0.4, -0.2) is 45.1 Å². The van der Waals surface area contributed by atoms with Crippen LogP contribution < -0.4 is 5.56 Å². The van der Waals surface area contributed by atoms with Gasteiger partial charge in [0.05, 0.1) is 0 Å². The number of unbranched alkanes of at least 4 members (excludes halogenated alkanes) is 1. The number of nitrogens with one attached hydrogen (secondary N) is 1. The molecule has 6 heteroatoms. The van der Waals surface area contributed by atoms with Crippen LogP contribution in [0.3, 0.4) is 0 Å². The molecule has 0 aliphatic carbocycles. The van der Waals surface area contributed by atoms with E-state index in [0.717, 1.165) is 37.2 Å². The minimum Gasteiger partial charge on any atom is -0.309 e. The maximum absolute atomic E-state index is 11.8. The molecule has 1 N–H and O–H groups in total. The fourth-order valence-electron chi connectivity index (χ4n) is 3.09. The van der Waals surface area contributed by atoms with E-state index in [1.807, 2.05) is 0 Å². The second-order valence-electron chi connectivity index (χ2n) is 8.37. The van der Waals surface area contributed by atoms with Crippen LogP contribution >= 0.6 is 0 Å². The highest BCUT2D eigenvalue weighted by molar-refractivity contribution is 5.58. The van der Waals surface area contributed by atoms with Crippen LogP contribution in [0.5, 0.6) is 0 Å². The molecule has 3 rings (SSSR count). The number of fused-ring (bicyclic) bond motifs is 1. The van der Waals surface area contributed by atoms with Gasteiger partial charge in [-0.2, -0.15) is 0 Å². The number of H-pyrrole nitrogens is 1. The molecule has 0 amide bonds. The topological polar surface area (TPSA) is 66.3 Å². The molecule has 144 valence electrons. The van der Waals surface area contributed by atoms with E-state index in [-0.39, 0.29) is 11.0 Å². The van der Waals surface area contributed by atoms with Gasteiger partial charge in [0, 0.05) is 18.1 Å². The minimum absolute atomic E-state index is 0.106. The molecule has 2 heterocycles. The lowest BCUT2D eigenvalue weighted by Crippen LogP contribution is -2.14. The SMILES string of the molecule is CN(C)CCCCc1nc(-c2ccc(C(C)(C)C)cc2)nc2cc(=O)[nH]n12. The molecule has 0 fully saturated rings. The molecule has 27 heavy (non-hydrogen) atoms. The van der Waals surface area contributed by atoms with Crippen LogP contribution in [0.25, 0.3) is 17.0 Å². The molecule has 6 nitrogen and oxygen atoms in total. The molecule has 0 bridgehead atoms. The summed E-state index contributed by atoms with van der Waals surface area (Å²) in [6.07, 6.45) is 2.89. The number of benzene rings is 1. The highest BCUT2D eigenvalue weighted by atomic mass is 16.1. The third-order valence-corrected chi connectivity index (χ3v) is 4.69. The van der Waals surface area contributed by atoms with Crippen molar-refractivity contribution in [3.63, 3.8) is 0 Å².